The highest BCUT2D eigenvalue weighted by Gasteiger charge is 2.09. The van der Waals surface area contributed by atoms with Crippen LogP contribution in [0.1, 0.15) is 37.7 Å². The number of terminal acetylenes is 1. The van der Waals surface area contributed by atoms with Gasteiger partial charge in [-0.15, -0.1) is 23.7 Å². The zero-order chi connectivity index (χ0) is 17.2. The minimum absolute atomic E-state index is 0.0942. The fourth-order valence-corrected chi connectivity index (χ4v) is 3.26. The molecule has 0 atom stereocenters. The molecule has 0 unspecified atom stereocenters. The maximum absolute atomic E-state index is 11.0. The number of primary amides is 1. The molecule has 0 saturated heterocycles. The molecule has 1 aromatic carbocycles. The Balaban J connectivity index is 2.02. The van der Waals surface area contributed by atoms with Crippen LogP contribution in [-0.2, 0) is 11.2 Å². The highest BCUT2D eigenvalue weighted by Crippen LogP contribution is 2.31. The van der Waals surface area contributed by atoms with Crippen LogP contribution in [0.25, 0.3) is 10.4 Å². The predicted octanol–water partition coefficient (Wildman–Crippen LogP) is 4.41. The number of hydrogen-bond acceptors (Lipinski definition) is 3. The Hall–Kier alpha value is -2.25. The number of thiophene rings is 1. The van der Waals surface area contributed by atoms with E-state index in [2.05, 4.69) is 24.1 Å². The molecule has 2 aromatic rings. The molecule has 1 amide bonds. The van der Waals surface area contributed by atoms with Gasteiger partial charge in [-0.3, -0.25) is 4.79 Å². The fourth-order valence-electron chi connectivity index (χ4n) is 2.54. The maximum atomic E-state index is 11.0. The van der Waals surface area contributed by atoms with Gasteiger partial charge < -0.3 is 10.5 Å². The van der Waals surface area contributed by atoms with Gasteiger partial charge in [0, 0.05) is 11.3 Å². The first kappa shape index (κ1) is 18.1. The van der Waals surface area contributed by atoms with Crippen molar-refractivity contribution in [1.29, 1.82) is 0 Å². The fraction of sp³-hybridized carbons (Fsp3) is 0.350. The standard InChI is InChI=1S/C20H23NO2S/c1-2-3-4-5-6-7-9-16-11-12-17(19-10-8-13-24-19)14-18(16)23-15-20(21)22/h1,8,10-14H,3-7,9,15H2,(H2,21,22). The van der Waals surface area contributed by atoms with Crippen molar-refractivity contribution in [1.82, 2.24) is 0 Å². The van der Waals surface area contributed by atoms with E-state index in [9.17, 15) is 4.79 Å². The smallest absolute Gasteiger partial charge is 0.255 e. The van der Waals surface area contributed by atoms with Gasteiger partial charge in [-0.05, 0) is 47.9 Å². The van der Waals surface area contributed by atoms with Crippen molar-refractivity contribution in [3.05, 3.63) is 41.3 Å². The van der Waals surface area contributed by atoms with Gasteiger partial charge in [0.1, 0.15) is 5.75 Å². The number of hydrogen-bond donors (Lipinski definition) is 1. The average Bonchev–Trinajstić information content (AvgIpc) is 3.11. The summed E-state index contributed by atoms with van der Waals surface area (Å²) in [7, 11) is 0. The Labute approximate surface area is 147 Å². The van der Waals surface area contributed by atoms with Crippen LogP contribution in [0.3, 0.4) is 0 Å². The Bertz CT molecular complexity index is 686. The average molecular weight is 341 g/mol. The molecule has 24 heavy (non-hydrogen) atoms. The van der Waals surface area contributed by atoms with Crippen LogP contribution in [0.5, 0.6) is 5.75 Å². The van der Waals surface area contributed by atoms with Crippen molar-refractivity contribution in [3.8, 4) is 28.5 Å². The van der Waals surface area contributed by atoms with E-state index in [1.54, 1.807) is 11.3 Å². The second-order valence-corrected chi connectivity index (χ2v) is 6.62. The van der Waals surface area contributed by atoms with Gasteiger partial charge in [-0.25, -0.2) is 0 Å². The van der Waals surface area contributed by atoms with Crippen molar-refractivity contribution in [3.63, 3.8) is 0 Å². The van der Waals surface area contributed by atoms with Crippen molar-refractivity contribution < 1.29 is 9.53 Å². The molecule has 0 aliphatic carbocycles. The molecule has 0 fully saturated rings. The Morgan fingerprint density at radius 1 is 1.21 bits per heavy atom. The highest BCUT2D eigenvalue weighted by atomic mass is 32.1. The maximum Gasteiger partial charge on any atom is 0.255 e. The Morgan fingerprint density at radius 2 is 2.04 bits per heavy atom. The lowest BCUT2D eigenvalue weighted by Crippen LogP contribution is -2.20. The van der Waals surface area contributed by atoms with Crippen molar-refractivity contribution in [2.45, 2.75) is 38.5 Å². The highest BCUT2D eigenvalue weighted by molar-refractivity contribution is 7.13. The Kier molecular flexibility index (Phi) is 7.38. The third-order valence-corrected chi connectivity index (χ3v) is 4.68. The minimum atomic E-state index is -0.461. The first-order valence-corrected chi connectivity index (χ1v) is 9.10. The van der Waals surface area contributed by atoms with E-state index in [0.717, 1.165) is 55.4 Å². The van der Waals surface area contributed by atoms with Crippen molar-refractivity contribution in [2.24, 2.45) is 5.73 Å². The number of carbonyl (C=O) groups excluding carboxylic acids is 1. The zero-order valence-corrected chi connectivity index (χ0v) is 14.6. The van der Waals surface area contributed by atoms with Gasteiger partial charge in [0.2, 0.25) is 0 Å². The number of nitrogens with two attached hydrogens (primary N) is 1. The van der Waals surface area contributed by atoms with Gasteiger partial charge in [-0.1, -0.05) is 31.0 Å². The second-order valence-electron chi connectivity index (χ2n) is 5.67. The van der Waals surface area contributed by atoms with Gasteiger partial charge in [0.15, 0.2) is 6.61 Å². The number of rotatable bonds is 10. The topological polar surface area (TPSA) is 52.3 Å². The van der Waals surface area contributed by atoms with E-state index in [4.69, 9.17) is 16.9 Å². The zero-order valence-electron chi connectivity index (χ0n) is 13.8. The molecule has 0 bridgehead atoms. The van der Waals surface area contributed by atoms with Crippen LogP contribution >= 0.6 is 11.3 Å². The number of unbranched alkanes of at least 4 members (excludes halogenated alkanes) is 4. The predicted molar refractivity (Wildman–Crippen MR) is 100 cm³/mol. The van der Waals surface area contributed by atoms with Crippen LogP contribution in [0, 0.1) is 12.3 Å². The largest absolute Gasteiger partial charge is 0.483 e. The third-order valence-electron chi connectivity index (χ3n) is 3.76. The molecule has 126 valence electrons. The van der Waals surface area contributed by atoms with E-state index in [1.807, 2.05) is 17.5 Å². The molecule has 3 nitrogen and oxygen atoms in total. The molecule has 0 radical (unpaired) electrons. The monoisotopic (exact) mass is 341 g/mol. The van der Waals surface area contributed by atoms with Crippen LogP contribution in [-0.4, -0.2) is 12.5 Å². The van der Waals surface area contributed by atoms with E-state index in [1.165, 1.54) is 4.88 Å². The van der Waals surface area contributed by atoms with Gasteiger partial charge in [0.05, 0.1) is 0 Å². The molecule has 4 heteroatoms. The third kappa shape index (κ3) is 5.75. The van der Waals surface area contributed by atoms with Crippen LogP contribution in [0.15, 0.2) is 35.7 Å². The molecule has 1 aromatic heterocycles. The summed E-state index contributed by atoms with van der Waals surface area (Å²) < 4.78 is 5.64. The van der Waals surface area contributed by atoms with Gasteiger partial charge in [-0.2, -0.15) is 0 Å². The van der Waals surface area contributed by atoms with E-state index in [0.29, 0.717) is 0 Å². The number of carbonyl (C=O) groups is 1. The normalized spacial score (nSPS) is 10.3. The summed E-state index contributed by atoms with van der Waals surface area (Å²) >= 11 is 1.68. The second kappa shape index (κ2) is 9.79. The summed E-state index contributed by atoms with van der Waals surface area (Å²) in [5.41, 5.74) is 7.43. The Morgan fingerprint density at radius 3 is 2.75 bits per heavy atom. The van der Waals surface area contributed by atoms with E-state index < -0.39 is 5.91 Å². The molecular weight excluding hydrogens is 318 g/mol. The number of aryl methyl sites for hydroxylation is 1. The van der Waals surface area contributed by atoms with Crippen LogP contribution in [0.2, 0.25) is 0 Å². The molecule has 0 aliphatic heterocycles. The first-order chi connectivity index (χ1) is 11.7. The summed E-state index contributed by atoms with van der Waals surface area (Å²) in [5.74, 6) is 2.96. The minimum Gasteiger partial charge on any atom is -0.483 e. The lowest BCUT2D eigenvalue weighted by atomic mass is 10.0. The lowest BCUT2D eigenvalue weighted by Gasteiger charge is -2.12. The van der Waals surface area contributed by atoms with Crippen molar-refractivity contribution in [2.75, 3.05) is 6.61 Å². The summed E-state index contributed by atoms with van der Waals surface area (Å²) in [5, 5.41) is 2.05. The quantitative estimate of drug-likeness (QED) is 0.514. The summed E-state index contributed by atoms with van der Waals surface area (Å²) in [6.07, 6.45) is 11.5. The summed E-state index contributed by atoms with van der Waals surface area (Å²) in [6.45, 7) is -0.0942. The lowest BCUT2D eigenvalue weighted by molar-refractivity contribution is -0.119. The van der Waals surface area contributed by atoms with Crippen molar-refractivity contribution >= 4 is 17.2 Å². The van der Waals surface area contributed by atoms with E-state index >= 15 is 0 Å². The van der Waals surface area contributed by atoms with Gasteiger partial charge >= 0.3 is 0 Å². The van der Waals surface area contributed by atoms with E-state index in [-0.39, 0.29) is 6.61 Å². The molecule has 2 rings (SSSR count). The number of ether oxygens (including phenoxy) is 1. The van der Waals surface area contributed by atoms with Crippen LogP contribution in [0.4, 0.5) is 0 Å². The molecule has 0 aliphatic rings. The molecule has 1 heterocycles. The summed E-state index contributed by atoms with van der Waals surface area (Å²) in [6, 6.07) is 10.3. The first-order valence-electron chi connectivity index (χ1n) is 8.22. The number of benzene rings is 1. The molecule has 0 saturated carbocycles. The molecule has 0 spiro atoms. The molecule has 2 N–H and O–H groups in total. The molecular formula is C20H23NO2S. The summed E-state index contributed by atoms with van der Waals surface area (Å²) in [4.78, 5) is 12.2. The van der Waals surface area contributed by atoms with Gasteiger partial charge in [0.25, 0.3) is 5.91 Å². The number of amides is 1. The SMILES string of the molecule is C#CCCCCCCc1ccc(-c2cccs2)cc1OCC(N)=O. The van der Waals surface area contributed by atoms with Crippen LogP contribution < -0.4 is 10.5 Å².